The predicted molar refractivity (Wildman–Crippen MR) is 30.0 cm³/mol. The summed E-state index contributed by atoms with van der Waals surface area (Å²) in [6.07, 6.45) is 0. The lowest BCUT2D eigenvalue weighted by molar-refractivity contribution is 0.390. The average Bonchev–Trinajstić information content (AvgIpc) is 1.64. The monoisotopic (exact) mass is 175 g/mol. The van der Waals surface area contributed by atoms with Crippen molar-refractivity contribution in [3.8, 4) is 0 Å². The highest BCUT2D eigenvalue weighted by Crippen LogP contribution is 2.42. The van der Waals surface area contributed by atoms with Crippen molar-refractivity contribution in [1.82, 2.24) is 0 Å². The lowest BCUT2D eigenvalue weighted by atomic mass is 11.6. The lowest BCUT2D eigenvalue weighted by Crippen LogP contribution is -2.13. The quantitative estimate of drug-likeness (QED) is 0.435. The van der Waals surface area contributed by atoms with Gasteiger partial charge < -0.3 is 15.5 Å². The zero-order valence-electron chi connectivity index (χ0n) is 4.26. The van der Waals surface area contributed by atoms with Crippen LogP contribution in [-0.4, -0.2) is 24.1 Å². The normalized spacial score (nSPS) is 13.7. The summed E-state index contributed by atoms with van der Waals surface area (Å²) in [6, 6.07) is 0. The highest BCUT2D eigenvalue weighted by atomic mass is 32.8. The van der Waals surface area contributed by atoms with E-state index in [9.17, 15) is 13.0 Å². The van der Waals surface area contributed by atoms with Crippen LogP contribution < -0.4 is 5.73 Å². The number of hydrogen-bond acceptors (Lipinski definition) is 4. The first kappa shape index (κ1) is 9.06. The van der Waals surface area contributed by atoms with E-state index in [0.717, 1.165) is 0 Å². The van der Waals surface area contributed by atoms with Crippen molar-refractivity contribution in [3.05, 3.63) is 0 Å². The number of nitrogens with two attached hydrogens (primary N) is 1. The smallest absolute Gasteiger partial charge is 0.317 e. The first-order valence-electron chi connectivity index (χ1n) is 1.80. The molecule has 0 aromatic carbocycles. The SMILES string of the molecule is NCS(=O)(=O)P(=O)(O)O. The van der Waals surface area contributed by atoms with Crippen LogP contribution in [0.1, 0.15) is 0 Å². The van der Waals surface area contributed by atoms with E-state index in [1.165, 1.54) is 0 Å². The van der Waals surface area contributed by atoms with Crippen molar-refractivity contribution in [2.45, 2.75) is 0 Å². The molecule has 0 aliphatic rings. The van der Waals surface area contributed by atoms with Crippen molar-refractivity contribution >= 4 is 16.3 Å². The Hall–Kier alpha value is 0.0600. The summed E-state index contributed by atoms with van der Waals surface area (Å²) in [7, 11) is -4.39. The van der Waals surface area contributed by atoms with Crippen LogP contribution in [0.2, 0.25) is 0 Å². The van der Waals surface area contributed by atoms with Crippen LogP contribution in [0.3, 0.4) is 0 Å². The van der Waals surface area contributed by atoms with Crippen molar-refractivity contribution < 1.29 is 22.8 Å². The van der Waals surface area contributed by atoms with E-state index in [2.05, 4.69) is 5.73 Å². The molecular weight excluding hydrogens is 169 g/mol. The van der Waals surface area contributed by atoms with Gasteiger partial charge in [-0.1, -0.05) is 0 Å². The predicted octanol–water partition coefficient (Wildman–Crippen LogP) is -1.59. The van der Waals surface area contributed by atoms with Gasteiger partial charge in [-0.2, -0.15) is 0 Å². The van der Waals surface area contributed by atoms with E-state index in [1.807, 2.05) is 0 Å². The van der Waals surface area contributed by atoms with Crippen LogP contribution in [0.25, 0.3) is 0 Å². The molecule has 0 spiro atoms. The molecule has 0 fully saturated rings. The zero-order valence-corrected chi connectivity index (χ0v) is 5.97. The van der Waals surface area contributed by atoms with Gasteiger partial charge in [-0.3, -0.25) is 0 Å². The van der Waals surface area contributed by atoms with E-state index >= 15 is 0 Å². The Kier molecular flexibility index (Phi) is 2.37. The largest absolute Gasteiger partial charge is 0.441 e. The van der Waals surface area contributed by atoms with Gasteiger partial charge in [0, 0.05) is 0 Å². The molecule has 8 heteroatoms. The molecule has 0 unspecified atom stereocenters. The van der Waals surface area contributed by atoms with Gasteiger partial charge in [0.2, 0.25) is 0 Å². The Balaban J connectivity index is 4.81. The topological polar surface area (TPSA) is 118 Å². The van der Waals surface area contributed by atoms with E-state index in [1.54, 1.807) is 0 Å². The highest BCUT2D eigenvalue weighted by molar-refractivity contribution is 8.48. The molecule has 0 radical (unpaired) electrons. The summed E-state index contributed by atoms with van der Waals surface area (Å²) >= 11 is 0. The minimum absolute atomic E-state index is 1.03. The number of hydrogen-bond donors (Lipinski definition) is 3. The van der Waals surface area contributed by atoms with Crippen molar-refractivity contribution in [3.63, 3.8) is 0 Å². The molecule has 0 heterocycles. The standard InChI is InChI=1S/CH6NO5PS/c2-1-9(6,7)8(3,4)5/h1-2H2,(H2,3,4,5). The van der Waals surface area contributed by atoms with Gasteiger partial charge in [0.15, 0.2) is 0 Å². The summed E-state index contributed by atoms with van der Waals surface area (Å²) in [5.74, 6) is -1.03. The molecule has 0 aliphatic heterocycles. The fourth-order valence-electron chi connectivity index (χ4n) is 0.0971. The van der Waals surface area contributed by atoms with Crippen LogP contribution in [0, 0.1) is 0 Å². The van der Waals surface area contributed by atoms with E-state index < -0.39 is 22.1 Å². The van der Waals surface area contributed by atoms with Crippen LogP contribution in [0.5, 0.6) is 0 Å². The van der Waals surface area contributed by atoms with Gasteiger partial charge in [0.05, 0.1) is 0 Å². The molecule has 0 aromatic heterocycles. The third kappa shape index (κ3) is 2.04. The van der Waals surface area contributed by atoms with Gasteiger partial charge in [-0.05, 0) is 0 Å². The third-order valence-corrected chi connectivity index (χ3v) is 4.34. The Bertz CT molecular complexity index is 223. The fourth-order valence-corrected chi connectivity index (χ4v) is 0.874. The minimum atomic E-state index is -5.02. The van der Waals surface area contributed by atoms with Crippen LogP contribution >= 0.6 is 6.80 Å². The molecule has 56 valence electrons. The average molecular weight is 175 g/mol. The molecular formula is CH6NO5PS. The molecule has 0 atom stereocenters. The van der Waals surface area contributed by atoms with Gasteiger partial charge in [0.1, 0.15) is 5.88 Å². The summed E-state index contributed by atoms with van der Waals surface area (Å²) < 4.78 is 30.2. The Morgan fingerprint density at radius 1 is 1.44 bits per heavy atom. The van der Waals surface area contributed by atoms with E-state index in [-0.39, 0.29) is 0 Å². The van der Waals surface area contributed by atoms with Crippen LogP contribution in [0.15, 0.2) is 0 Å². The maximum absolute atomic E-state index is 10.1. The fraction of sp³-hybridized carbons (Fsp3) is 1.00. The van der Waals surface area contributed by atoms with Crippen molar-refractivity contribution in [2.75, 3.05) is 5.88 Å². The van der Waals surface area contributed by atoms with Crippen LogP contribution in [0.4, 0.5) is 0 Å². The van der Waals surface area contributed by atoms with E-state index in [4.69, 9.17) is 9.79 Å². The van der Waals surface area contributed by atoms with Crippen LogP contribution in [-0.2, 0) is 14.0 Å². The Labute approximate surface area is 51.5 Å². The minimum Gasteiger partial charge on any atom is -0.317 e. The van der Waals surface area contributed by atoms with Gasteiger partial charge in [-0.15, -0.1) is 0 Å². The molecule has 0 amide bonds. The van der Waals surface area contributed by atoms with Gasteiger partial charge in [0.25, 0.3) is 9.46 Å². The maximum atomic E-state index is 10.1. The van der Waals surface area contributed by atoms with Gasteiger partial charge >= 0.3 is 6.80 Å². The molecule has 0 saturated carbocycles. The molecule has 0 aliphatic carbocycles. The number of rotatable bonds is 2. The second-order valence-electron chi connectivity index (χ2n) is 1.24. The van der Waals surface area contributed by atoms with Gasteiger partial charge in [-0.25, -0.2) is 13.0 Å². The molecule has 0 saturated heterocycles. The zero-order chi connectivity index (χ0) is 7.71. The molecule has 9 heavy (non-hydrogen) atoms. The summed E-state index contributed by atoms with van der Waals surface area (Å²) in [4.78, 5) is 16.0. The molecule has 0 bridgehead atoms. The Morgan fingerprint density at radius 2 is 1.78 bits per heavy atom. The first-order valence-corrected chi connectivity index (χ1v) is 5.67. The maximum Gasteiger partial charge on any atom is 0.441 e. The Morgan fingerprint density at radius 3 is 1.78 bits per heavy atom. The second-order valence-corrected chi connectivity index (χ2v) is 6.81. The summed E-state index contributed by atoms with van der Waals surface area (Å²) in [6.45, 7) is -5.02. The second kappa shape index (κ2) is 2.36. The molecule has 0 rings (SSSR count). The van der Waals surface area contributed by atoms with Crippen molar-refractivity contribution in [1.29, 1.82) is 0 Å². The molecule has 0 aromatic rings. The van der Waals surface area contributed by atoms with E-state index in [0.29, 0.717) is 0 Å². The van der Waals surface area contributed by atoms with Crippen molar-refractivity contribution in [2.24, 2.45) is 5.73 Å². The highest BCUT2D eigenvalue weighted by Gasteiger charge is 2.31. The first-order chi connectivity index (χ1) is 3.81. The third-order valence-electron chi connectivity index (χ3n) is 0.573. The molecule has 4 N–H and O–H groups in total. The lowest BCUT2D eigenvalue weighted by Gasteiger charge is -2.00. The summed E-state index contributed by atoms with van der Waals surface area (Å²) in [5, 5.41) is 0. The summed E-state index contributed by atoms with van der Waals surface area (Å²) in [5.41, 5.74) is 4.51. The molecule has 6 nitrogen and oxygen atoms in total.